The van der Waals surface area contributed by atoms with E-state index in [0.717, 1.165) is 5.69 Å². The van der Waals surface area contributed by atoms with Gasteiger partial charge in [0.1, 0.15) is 5.56 Å². The summed E-state index contributed by atoms with van der Waals surface area (Å²) in [6, 6.07) is 6.87. The summed E-state index contributed by atoms with van der Waals surface area (Å²) >= 11 is 0. The van der Waals surface area contributed by atoms with Crippen LogP contribution in [0.3, 0.4) is 0 Å². The van der Waals surface area contributed by atoms with Crippen LogP contribution in [0.1, 0.15) is 16.1 Å². The van der Waals surface area contributed by atoms with Gasteiger partial charge in [0.2, 0.25) is 0 Å². The predicted octanol–water partition coefficient (Wildman–Crippen LogP) is 1.41. The first-order chi connectivity index (χ1) is 9.63. The van der Waals surface area contributed by atoms with E-state index in [-0.39, 0.29) is 6.61 Å². The molecule has 2 aromatic rings. The molecule has 0 saturated carbocycles. The van der Waals surface area contributed by atoms with E-state index in [4.69, 9.17) is 15.2 Å². The fraction of sp³-hybridized carbons (Fsp3) is 0.286. The Kier molecular flexibility index (Phi) is 4.24. The Bertz CT molecular complexity index is 607. The lowest BCUT2D eigenvalue weighted by molar-refractivity contribution is 0.0504. The number of anilines is 1. The third-order valence-corrected chi connectivity index (χ3v) is 2.98. The maximum Gasteiger partial charge on any atom is 0.342 e. The topological polar surface area (TPSA) is 79.4 Å². The van der Waals surface area contributed by atoms with Crippen LogP contribution in [-0.2, 0) is 18.2 Å². The van der Waals surface area contributed by atoms with Gasteiger partial charge in [-0.15, -0.1) is 0 Å². The predicted molar refractivity (Wildman–Crippen MR) is 74.6 cm³/mol. The van der Waals surface area contributed by atoms with Crippen molar-refractivity contribution in [2.75, 3.05) is 19.5 Å². The highest BCUT2D eigenvalue weighted by molar-refractivity contribution is 5.94. The van der Waals surface area contributed by atoms with Crippen LogP contribution in [-0.4, -0.2) is 29.5 Å². The van der Waals surface area contributed by atoms with E-state index in [9.17, 15) is 4.79 Å². The Hall–Kier alpha value is -2.50. The molecule has 1 heterocycles. The number of carbonyl (C=O) groups excluding carboxylic acids is 1. The van der Waals surface area contributed by atoms with Gasteiger partial charge in [-0.05, 0) is 18.2 Å². The van der Waals surface area contributed by atoms with E-state index in [1.54, 1.807) is 29.1 Å². The Morgan fingerprint density at radius 3 is 2.85 bits per heavy atom. The summed E-state index contributed by atoms with van der Waals surface area (Å²) in [5.74, 6) is -0.102. The van der Waals surface area contributed by atoms with Crippen LogP contribution in [0.4, 0.5) is 5.69 Å². The fourth-order valence-electron chi connectivity index (χ4n) is 1.92. The number of esters is 1. The summed E-state index contributed by atoms with van der Waals surface area (Å²) in [6.07, 6.45) is 2.31. The van der Waals surface area contributed by atoms with Crippen LogP contribution in [0.5, 0.6) is 5.75 Å². The molecule has 0 unspecified atom stereocenters. The van der Waals surface area contributed by atoms with Gasteiger partial charge >= 0.3 is 5.97 Å². The van der Waals surface area contributed by atoms with Crippen molar-refractivity contribution in [1.82, 2.24) is 9.78 Å². The van der Waals surface area contributed by atoms with Gasteiger partial charge in [0, 0.05) is 25.4 Å². The lowest BCUT2D eigenvalue weighted by atomic mass is 10.2. The van der Waals surface area contributed by atoms with Crippen molar-refractivity contribution in [1.29, 1.82) is 0 Å². The molecule has 0 radical (unpaired) electrons. The molecule has 0 aliphatic rings. The SMILES string of the molecule is COc1c(N)cccc1C(=O)OCCc1ccnn1C. The van der Waals surface area contributed by atoms with Crippen LogP contribution in [0.25, 0.3) is 0 Å². The molecule has 0 amide bonds. The molecule has 0 bridgehead atoms. The van der Waals surface area contributed by atoms with Crippen molar-refractivity contribution in [3.05, 3.63) is 41.7 Å². The summed E-state index contributed by atoms with van der Waals surface area (Å²) in [5, 5.41) is 4.05. The first-order valence-corrected chi connectivity index (χ1v) is 6.20. The maximum atomic E-state index is 12.0. The molecule has 0 fully saturated rings. The molecule has 1 aromatic carbocycles. The van der Waals surface area contributed by atoms with Gasteiger partial charge in [-0.1, -0.05) is 6.07 Å². The number of carbonyl (C=O) groups is 1. The molecule has 0 aliphatic heterocycles. The van der Waals surface area contributed by atoms with Crippen molar-refractivity contribution in [2.45, 2.75) is 6.42 Å². The lowest BCUT2D eigenvalue weighted by Gasteiger charge is -2.10. The number of aryl methyl sites for hydroxylation is 1. The van der Waals surface area contributed by atoms with Crippen molar-refractivity contribution in [2.24, 2.45) is 7.05 Å². The molecule has 0 spiro atoms. The molecule has 6 nitrogen and oxygen atoms in total. The van der Waals surface area contributed by atoms with E-state index in [1.807, 2.05) is 13.1 Å². The zero-order valence-electron chi connectivity index (χ0n) is 11.5. The van der Waals surface area contributed by atoms with E-state index >= 15 is 0 Å². The summed E-state index contributed by atoms with van der Waals surface area (Å²) in [5.41, 5.74) is 7.49. The number of para-hydroxylation sites is 1. The quantitative estimate of drug-likeness (QED) is 0.659. The third kappa shape index (κ3) is 2.90. The number of hydrogen-bond donors (Lipinski definition) is 1. The van der Waals surface area contributed by atoms with E-state index in [2.05, 4.69) is 5.10 Å². The first kappa shape index (κ1) is 13.9. The molecule has 2 N–H and O–H groups in total. The molecule has 0 saturated heterocycles. The zero-order chi connectivity index (χ0) is 14.5. The van der Waals surface area contributed by atoms with Gasteiger partial charge in [0.25, 0.3) is 0 Å². The second-order valence-corrected chi connectivity index (χ2v) is 4.26. The van der Waals surface area contributed by atoms with Crippen LogP contribution in [0.15, 0.2) is 30.5 Å². The van der Waals surface area contributed by atoms with Crippen molar-refractivity contribution >= 4 is 11.7 Å². The average molecular weight is 275 g/mol. The minimum atomic E-state index is -0.448. The minimum Gasteiger partial charge on any atom is -0.494 e. The summed E-state index contributed by atoms with van der Waals surface area (Å²) in [4.78, 5) is 12.0. The normalized spacial score (nSPS) is 10.3. The number of nitrogens with zero attached hydrogens (tertiary/aromatic N) is 2. The second kappa shape index (κ2) is 6.10. The van der Waals surface area contributed by atoms with Gasteiger partial charge in [-0.25, -0.2) is 4.79 Å². The summed E-state index contributed by atoms with van der Waals surface area (Å²) in [7, 11) is 3.32. The van der Waals surface area contributed by atoms with Crippen molar-refractivity contribution < 1.29 is 14.3 Å². The molecule has 20 heavy (non-hydrogen) atoms. The van der Waals surface area contributed by atoms with Gasteiger partial charge in [-0.3, -0.25) is 4.68 Å². The number of rotatable bonds is 5. The average Bonchev–Trinajstić information content (AvgIpc) is 2.84. The molecule has 2 rings (SSSR count). The van der Waals surface area contributed by atoms with Crippen LogP contribution in [0.2, 0.25) is 0 Å². The molecule has 106 valence electrons. The van der Waals surface area contributed by atoms with Crippen molar-refractivity contribution in [3.63, 3.8) is 0 Å². The largest absolute Gasteiger partial charge is 0.494 e. The van der Waals surface area contributed by atoms with Crippen LogP contribution in [0, 0.1) is 0 Å². The molecule has 1 aromatic heterocycles. The molecule has 0 atom stereocenters. The Balaban J connectivity index is 1.99. The maximum absolute atomic E-state index is 12.0. The number of nitrogen functional groups attached to an aromatic ring is 1. The molecular formula is C14H17N3O3. The van der Waals surface area contributed by atoms with Crippen LogP contribution < -0.4 is 10.5 Å². The number of nitrogens with two attached hydrogens (primary N) is 1. The monoisotopic (exact) mass is 275 g/mol. The zero-order valence-corrected chi connectivity index (χ0v) is 11.5. The molecular weight excluding hydrogens is 258 g/mol. The standard InChI is InChI=1S/C14H17N3O3/c1-17-10(6-8-16-17)7-9-20-14(18)11-4-3-5-12(15)13(11)19-2/h3-6,8H,7,9,15H2,1-2H3. The lowest BCUT2D eigenvalue weighted by Crippen LogP contribution is -2.11. The highest BCUT2D eigenvalue weighted by Gasteiger charge is 2.15. The smallest absolute Gasteiger partial charge is 0.342 e. The first-order valence-electron chi connectivity index (χ1n) is 6.20. The Morgan fingerprint density at radius 2 is 2.20 bits per heavy atom. The summed E-state index contributed by atoms with van der Waals surface area (Å²) in [6.45, 7) is 0.274. The van der Waals surface area contributed by atoms with E-state index in [1.165, 1.54) is 7.11 Å². The third-order valence-electron chi connectivity index (χ3n) is 2.98. The molecule has 0 aliphatic carbocycles. The van der Waals surface area contributed by atoms with Gasteiger partial charge in [0.15, 0.2) is 5.75 Å². The van der Waals surface area contributed by atoms with Gasteiger partial charge in [0.05, 0.1) is 19.4 Å². The second-order valence-electron chi connectivity index (χ2n) is 4.26. The highest BCUT2D eigenvalue weighted by atomic mass is 16.5. The van der Waals surface area contributed by atoms with Crippen molar-refractivity contribution in [3.8, 4) is 5.75 Å². The number of benzene rings is 1. The Morgan fingerprint density at radius 1 is 1.40 bits per heavy atom. The van der Waals surface area contributed by atoms with Crippen LogP contribution >= 0.6 is 0 Å². The Labute approximate surface area is 117 Å². The highest BCUT2D eigenvalue weighted by Crippen LogP contribution is 2.26. The number of methoxy groups -OCH3 is 1. The summed E-state index contributed by atoms with van der Waals surface area (Å²) < 4.78 is 12.1. The number of hydrogen-bond acceptors (Lipinski definition) is 5. The number of aromatic nitrogens is 2. The molecule has 6 heteroatoms. The van der Waals surface area contributed by atoms with Gasteiger partial charge in [-0.2, -0.15) is 5.10 Å². The van der Waals surface area contributed by atoms with E-state index < -0.39 is 5.97 Å². The fourth-order valence-corrected chi connectivity index (χ4v) is 1.92. The number of ether oxygens (including phenoxy) is 2. The van der Waals surface area contributed by atoms with Gasteiger partial charge < -0.3 is 15.2 Å². The van der Waals surface area contributed by atoms with E-state index in [0.29, 0.717) is 23.4 Å². The minimum absolute atomic E-state index is 0.274.